The summed E-state index contributed by atoms with van der Waals surface area (Å²) in [5, 5.41) is 4.71. The second-order valence-corrected chi connectivity index (χ2v) is 13.5. The minimum Gasteiger partial charge on any atom is -0.379 e. The Hall–Kier alpha value is -2.83. The first-order valence-corrected chi connectivity index (χ1v) is 15.6. The zero-order valence-electron chi connectivity index (χ0n) is 21.0. The number of piperidine rings is 1. The van der Waals surface area contributed by atoms with Crippen molar-refractivity contribution in [3.63, 3.8) is 0 Å². The van der Waals surface area contributed by atoms with Crippen LogP contribution in [0.2, 0.25) is 0 Å². The Labute approximate surface area is 223 Å². The summed E-state index contributed by atoms with van der Waals surface area (Å²) in [6, 6.07) is 19.2. The fourth-order valence-corrected chi connectivity index (χ4v) is 7.87. The predicted octanol–water partition coefficient (Wildman–Crippen LogP) is 2.58. The third kappa shape index (κ3) is 5.62. The van der Waals surface area contributed by atoms with Crippen molar-refractivity contribution >= 4 is 36.7 Å². The van der Waals surface area contributed by atoms with E-state index in [1.165, 1.54) is 8.61 Å². The predicted molar refractivity (Wildman–Crippen MR) is 143 cm³/mol. The summed E-state index contributed by atoms with van der Waals surface area (Å²) in [6.45, 7) is 2.14. The van der Waals surface area contributed by atoms with E-state index in [4.69, 9.17) is 4.74 Å². The summed E-state index contributed by atoms with van der Waals surface area (Å²) in [5.74, 6) is -0.673. The van der Waals surface area contributed by atoms with Crippen LogP contribution in [-0.2, 0) is 36.1 Å². The van der Waals surface area contributed by atoms with Gasteiger partial charge in [-0.25, -0.2) is 16.8 Å². The number of fused-ring (bicyclic) bond motifs is 1. The number of carbonyl (C=O) groups is 1. The van der Waals surface area contributed by atoms with Gasteiger partial charge in [0.1, 0.15) is 0 Å². The van der Waals surface area contributed by atoms with Gasteiger partial charge in [-0.15, -0.1) is 0 Å². The van der Waals surface area contributed by atoms with Crippen molar-refractivity contribution in [2.75, 3.05) is 39.4 Å². The van der Waals surface area contributed by atoms with E-state index in [0.717, 1.165) is 16.3 Å². The van der Waals surface area contributed by atoms with Gasteiger partial charge < -0.3 is 10.1 Å². The molecule has 1 amide bonds. The van der Waals surface area contributed by atoms with E-state index in [1.54, 1.807) is 42.5 Å². The van der Waals surface area contributed by atoms with Crippen LogP contribution in [0, 0.1) is 5.92 Å². The van der Waals surface area contributed by atoms with E-state index >= 15 is 0 Å². The highest BCUT2D eigenvalue weighted by Crippen LogP contribution is 2.26. The molecule has 11 heteroatoms. The minimum absolute atomic E-state index is 0.123. The molecule has 3 aromatic carbocycles. The first-order chi connectivity index (χ1) is 18.2. The lowest BCUT2D eigenvalue weighted by atomic mass is 9.99. The van der Waals surface area contributed by atoms with Crippen LogP contribution in [0.15, 0.2) is 76.5 Å². The molecule has 38 heavy (non-hydrogen) atoms. The molecule has 0 saturated carbocycles. The maximum Gasteiger partial charge on any atom is 0.243 e. The van der Waals surface area contributed by atoms with E-state index in [9.17, 15) is 21.6 Å². The topological polar surface area (TPSA) is 113 Å². The zero-order valence-corrected chi connectivity index (χ0v) is 22.6. The number of nitrogens with one attached hydrogen (secondary N) is 1. The summed E-state index contributed by atoms with van der Waals surface area (Å²) >= 11 is 0. The number of nitrogens with zero attached hydrogens (tertiary/aromatic N) is 2. The number of amides is 1. The molecule has 9 nitrogen and oxygen atoms in total. The highest BCUT2D eigenvalue weighted by Gasteiger charge is 2.33. The van der Waals surface area contributed by atoms with Crippen molar-refractivity contribution in [1.82, 2.24) is 13.9 Å². The summed E-state index contributed by atoms with van der Waals surface area (Å²) in [7, 11) is -7.31. The van der Waals surface area contributed by atoms with E-state index in [0.29, 0.717) is 45.7 Å². The lowest BCUT2D eigenvalue weighted by Gasteiger charge is -2.31. The molecule has 0 radical (unpaired) electrons. The quantitative estimate of drug-likeness (QED) is 0.478. The van der Waals surface area contributed by atoms with E-state index in [-0.39, 0.29) is 28.8 Å². The van der Waals surface area contributed by atoms with Crippen LogP contribution in [0.1, 0.15) is 18.4 Å². The van der Waals surface area contributed by atoms with Crippen molar-refractivity contribution in [2.24, 2.45) is 5.92 Å². The monoisotopic (exact) mass is 557 g/mol. The molecular formula is C27H31N3O6S2. The fraction of sp³-hybridized carbons (Fsp3) is 0.370. The minimum atomic E-state index is -3.73. The number of ether oxygens (including phenoxy) is 1. The number of morpholine rings is 1. The average molecular weight is 558 g/mol. The van der Waals surface area contributed by atoms with Crippen molar-refractivity contribution < 1.29 is 26.4 Å². The van der Waals surface area contributed by atoms with E-state index < -0.39 is 26.0 Å². The molecule has 1 N–H and O–H groups in total. The highest BCUT2D eigenvalue weighted by atomic mass is 32.2. The second-order valence-electron chi connectivity index (χ2n) is 9.59. The lowest BCUT2D eigenvalue weighted by molar-refractivity contribution is -0.126. The summed E-state index contributed by atoms with van der Waals surface area (Å²) in [4.78, 5) is 13.4. The van der Waals surface area contributed by atoms with Crippen LogP contribution in [0.4, 0.5) is 0 Å². The number of benzene rings is 3. The van der Waals surface area contributed by atoms with Gasteiger partial charge in [-0.1, -0.05) is 42.5 Å². The Kier molecular flexibility index (Phi) is 7.83. The molecule has 2 heterocycles. The number of carbonyl (C=O) groups excluding carboxylic acids is 1. The molecular weight excluding hydrogens is 526 g/mol. The normalized spacial score (nSPS) is 19.8. The van der Waals surface area contributed by atoms with E-state index in [2.05, 4.69) is 5.32 Å². The van der Waals surface area contributed by atoms with Gasteiger partial charge in [-0.2, -0.15) is 8.61 Å². The van der Waals surface area contributed by atoms with Gasteiger partial charge in [0.25, 0.3) is 0 Å². The number of rotatable bonds is 7. The third-order valence-corrected chi connectivity index (χ3v) is 10.9. The molecule has 2 saturated heterocycles. The maximum absolute atomic E-state index is 13.3. The molecule has 2 fully saturated rings. The van der Waals surface area contributed by atoms with Crippen LogP contribution in [0.3, 0.4) is 0 Å². The molecule has 0 bridgehead atoms. The smallest absolute Gasteiger partial charge is 0.243 e. The van der Waals surface area contributed by atoms with Crippen molar-refractivity contribution in [1.29, 1.82) is 0 Å². The van der Waals surface area contributed by atoms with Gasteiger partial charge in [0.15, 0.2) is 0 Å². The molecule has 5 rings (SSSR count). The molecule has 0 aliphatic carbocycles. The standard InChI is InChI=1S/C27H31N3O6S2/c31-27(28-19-21-7-10-25(11-8-21)37(32,33)29-14-16-36-17-15-29)24-6-3-13-30(20-24)38(34,35)26-12-9-22-4-1-2-5-23(22)18-26/h1-2,4-5,7-12,18,24H,3,6,13-17,19-20H2,(H,28,31)/t24-/m1/s1. The van der Waals surface area contributed by atoms with Gasteiger partial charge in [0, 0.05) is 32.7 Å². The maximum atomic E-state index is 13.3. The Morgan fingerprint density at radius 3 is 2.21 bits per heavy atom. The van der Waals surface area contributed by atoms with Crippen molar-refractivity contribution in [3.8, 4) is 0 Å². The number of sulfonamides is 2. The summed E-state index contributed by atoms with van der Waals surface area (Å²) in [6.07, 6.45) is 1.20. The molecule has 2 aliphatic rings. The Morgan fingerprint density at radius 2 is 1.47 bits per heavy atom. The lowest BCUT2D eigenvalue weighted by Crippen LogP contribution is -2.45. The zero-order chi connectivity index (χ0) is 26.8. The number of hydrogen-bond donors (Lipinski definition) is 1. The summed E-state index contributed by atoms with van der Waals surface area (Å²) < 4.78 is 60.3. The van der Waals surface area contributed by atoms with Crippen LogP contribution >= 0.6 is 0 Å². The van der Waals surface area contributed by atoms with E-state index in [1.807, 2.05) is 24.3 Å². The Balaban J connectivity index is 1.20. The first-order valence-electron chi connectivity index (χ1n) is 12.7. The van der Waals surface area contributed by atoms with Gasteiger partial charge in [-0.3, -0.25) is 4.79 Å². The van der Waals surface area contributed by atoms with Gasteiger partial charge >= 0.3 is 0 Å². The second kappa shape index (κ2) is 11.1. The molecule has 0 aromatic heterocycles. The Morgan fingerprint density at radius 1 is 0.816 bits per heavy atom. The largest absolute Gasteiger partial charge is 0.379 e. The van der Waals surface area contributed by atoms with Gasteiger partial charge in [0.05, 0.1) is 28.9 Å². The SMILES string of the molecule is O=C(NCc1ccc(S(=O)(=O)N2CCOCC2)cc1)[C@@H]1CCCN(S(=O)(=O)c2ccc3ccccc3c2)C1. The van der Waals surface area contributed by atoms with Gasteiger partial charge in [0.2, 0.25) is 26.0 Å². The van der Waals surface area contributed by atoms with Crippen LogP contribution in [-0.4, -0.2) is 70.7 Å². The highest BCUT2D eigenvalue weighted by molar-refractivity contribution is 7.89. The van der Waals surface area contributed by atoms with Crippen molar-refractivity contribution in [3.05, 3.63) is 72.3 Å². The van der Waals surface area contributed by atoms with Crippen molar-refractivity contribution in [2.45, 2.75) is 29.2 Å². The Bertz CT molecular complexity index is 1520. The van der Waals surface area contributed by atoms with Crippen LogP contribution in [0.25, 0.3) is 10.8 Å². The fourth-order valence-electron chi connectivity index (χ4n) is 4.90. The first kappa shape index (κ1) is 26.8. The molecule has 1 atom stereocenters. The molecule has 2 aliphatic heterocycles. The average Bonchev–Trinajstić information content (AvgIpc) is 2.96. The summed E-state index contributed by atoms with van der Waals surface area (Å²) in [5.41, 5.74) is 0.760. The number of hydrogen-bond acceptors (Lipinski definition) is 6. The third-order valence-electron chi connectivity index (χ3n) is 7.11. The molecule has 0 spiro atoms. The van der Waals surface area contributed by atoms with Crippen LogP contribution in [0.5, 0.6) is 0 Å². The molecule has 202 valence electrons. The molecule has 3 aromatic rings. The van der Waals surface area contributed by atoms with Gasteiger partial charge in [-0.05, 0) is 53.4 Å². The van der Waals surface area contributed by atoms with Crippen LogP contribution < -0.4 is 5.32 Å². The molecule has 0 unspecified atom stereocenters.